The van der Waals surface area contributed by atoms with Crippen LogP contribution in [0.4, 0.5) is 17.6 Å². The minimum atomic E-state index is 0.750. The SMILES string of the molecule is CN(C)c1nccc(N2CCN(c3ccccn3)CC2)n1. The summed E-state index contributed by atoms with van der Waals surface area (Å²) in [6, 6.07) is 8.01. The smallest absolute Gasteiger partial charge is 0.226 e. The lowest BCUT2D eigenvalue weighted by atomic mass is 10.3. The summed E-state index contributed by atoms with van der Waals surface area (Å²) in [7, 11) is 3.91. The van der Waals surface area contributed by atoms with Crippen molar-refractivity contribution in [3.05, 3.63) is 36.7 Å². The van der Waals surface area contributed by atoms with Crippen LogP contribution in [0.25, 0.3) is 0 Å². The van der Waals surface area contributed by atoms with Gasteiger partial charge in [-0.3, -0.25) is 0 Å². The van der Waals surface area contributed by atoms with Crippen molar-refractivity contribution in [1.29, 1.82) is 0 Å². The lowest BCUT2D eigenvalue weighted by molar-refractivity contribution is 0.641. The van der Waals surface area contributed by atoms with Crippen molar-refractivity contribution >= 4 is 17.6 Å². The molecule has 3 heterocycles. The largest absolute Gasteiger partial charge is 0.353 e. The molecule has 1 aliphatic heterocycles. The van der Waals surface area contributed by atoms with E-state index in [9.17, 15) is 0 Å². The highest BCUT2D eigenvalue weighted by atomic mass is 15.3. The van der Waals surface area contributed by atoms with Gasteiger partial charge in [-0.1, -0.05) is 6.07 Å². The first-order valence-corrected chi connectivity index (χ1v) is 7.15. The minimum absolute atomic E-state index is 0.750. The Kier molecular flexibility index (Phi) is 3.85. The Hall–Kier alpha value is -2.37. The highest BCUT2D eigenvalue weighted by Gasteiger charge is 2.19. The molecule has 2 aromatic heterocycles. The molecule has 0 unspecified atom stereocenters. The number of rotatable bonds is 3. The quantitative estimate of drug-likeness (QED) is 0.846. The Morgan fingerprint density at radius 1 is 0.857 bits per heavy atom. The molecule has 3 rings (SSSR count). The molecule has 0 bridgehead atoms. The molecule has 0 aromatic carbocycles. The number of pyridine rings is 1. The summed E-state index contributed by atoms with van der Waals surface area (Å²) >= 11 is 0. The van der Waals surface area contributed by atoms with Gasteiger partial charge in [-0.2, -0.15) is 4.98 Å². The highest BCUT2D eigenvalue weighted by Crippen LogP contribution is 2.18. The van der Waals surface area contributed by atoms with E-state index in [1.165, 1.54) is 0 Å². The normalized spacial score (nSPS) is 15.1. The predicted octanol–water partition coefficient (Wildman–Crippen LogP) is 1.26. The molecule has 6 nitrogen and oxygen atoms in total. The fraction of sp³-hybridized carbons (Fsp3) is 0.400. The van der Waals surface area contributed by atoms with Crippen molar-refractivity contribution in [3.8, 4) is 0 Å². The molecule has 0 saturated carbocycles. The second-order valence-corrected chi connectivity index (χ2v) is 5.27. The van der Waals surface area contributed by atoms with Crippen molar-refractivity contribution in [1.82, 2.24) is 15.0 Å². The number of nitrogens with zero attached hydrogens (tertiary/aromatic N) is 6. The molecule has 6 heteroatoms. The monoisotopic (exact) mass is 284 g/mol. The van der Waals surface area contributed by atoms with Gasteiger partial charge in [0.2, 0.25) is 5.95 Å². The molecule has 21 heavy (non-hydrogen) atoms. The van der Waals surface area contributed by atoms with E-state index >= 15 is 0 Å². The van der Waals surface area contributed by atoms with Gasteiger partial charge in [-0.05, 0) is 18.2 Å². The van der Waals surface area contributed by atoms with Crippen LogP contribution in [0.1, 0.15) is 0 Å². The van der Waals surface area contributed by atoms with E-state index in [0.717, 1.165) is 43.8 Å². The van der Waals surface area contributed by atoms with Gasteiger partial charge < -0.3 is 14.7 Å². The van der Waals surface area contributed by atoms with Crippen molar-refractivity contribution < 1.29 is 0 Å². The van der Waals surface area contributed by atoms with Crippen LogP contribution in [0.3, 0.4) is 0 Å². The van der Waals surface area contributed by atoms with Crippen LogP contribution < -0.4 is 14.7 Å². The van der Waals surface area contributed by atoms with E-state index in [-0.39, 0.29) is 0 Å². The molecule has 0 amide bonds. The number of hydrogen-bond donors (Lipinski definition) is 0. The summed E-state index contributed by atoms with van der Waals surface area (Å²) in [4.78, 5) is 19.8. The topological polar surface area (TPSA) is 48.4 Å². The van der Waals surface area contributed by atoms with Crippen LogP contribution in [0.5, 0.6) is 0 Å². The zero-order chi connectivity index (χ0) is 14.7. The zero-order valence-electron chi connectivity index (χ0n) is 12.5. The molecule has 110 valence electrons. The maximum absolute atomic E-state index is 4.60. The van der Waals surface area contributed by atoms with Crippen molar-refractivity contribution in [2.24, 2.45) is 0 Å². The van der Waals surface area contributed by atoms with E-state index in [1.807, 2.05) is 49.6 Å². The van der Waals surface area contributed by atoms with Crippen LogP contribution in [-0.2, 0) is 0 Å². The number of piperazine rings is 1. The molecule has 2 aromatic rings. The van der Waals surface area contributed by atoms with E-state index < -0.39 is 0 Å². The van der Waals surface area contributed by atoms with Crippen molar-refractivity contribution in [2.45, 2.75) is 0 Å². The summed E-state index contributed by atoms with van der Waals surface area (Å²) in [6.07, 6.45) is 3.66. The Bertz CT molecular complexity index is 578. The number of hydrogen-bond acceptors (Lipinski definition) is 6. The second kappa shape index (κ2) is 5.95. The van der Waals surface area contributed by atoms with Gasteiger partial charge >= 0.3 is 0 Å². The third-order valence-corrected chi connectivity index (χ3v) is 3.61. The fourth-order valence-corrected chi connectivity index (χ4v) is 2.44. The van der Waals surface area contributed by atoms with Crippen molar-refractivity contribution in [3.63, 3.8) is 0 Å². The van der Waals surface area contributed by atoms with Gasteiger partial charge in [-0.25, -0.2) is 9.97 Å². The first kappa shape index (κ1) is 13.6. The Balaban J connectivity index is 1.67. The summed E-state index contributed by atoms with van der Waals surface area (Å²) in [5.74, 6) is 2.79. The van der Waals surface area contributed by atoms with Crippen LogP contribution in [0.2, 0.25) is 0 Å². The lowest BCUT2D eigenvalue weighted by Crippen LogP contribution is -2.47. The third-order valence-electron chi connectivity index (χ3n) is 3.61. The number of aromatic nitrogens is 3. The third kappa shape index (κ3) is 3.04. The van der Waals surface area contributed by atoms with Gasteiger partial charge in [0.1, 0.15) is 11.6 Å². The molecule has 1 aliphatic rings. The van der Waals surface area contributed by atoms with Crippen LogP contribution in [0, 0.1) is 0 Å². The standard InChI is InChI=1S/C15H20N6/c1-19(2)15-17-8-6-14(18-15)21-11-9-20(10-12-21)13-5-3-4-7-16-13/h3-8H,9-12H2,1-2H3. The van der Waals surface area contributed by atoms with Crippen molar-refractivity contribution in [2.75, 3.05) is 55.0 Å². The molecule has 0 spiro atoms. The first-order chi connectivity index (χ1) is 10.2. The highest BCUT2D eigenvalue weighted by molar-refractivity contribution is 5.46. The van der Waals surface area contributed by atoms with E-state index in [4.69, 9.17) is 0 Å². The Morgan fingerprint density at radius 3 is 2.19 bits per heavy atom. The van der Waals surface area contributed by atoms with Gasteiger partial charge in [0, 0.05) is 52.7 Å². The molecular formula is C15H20N6. The minimum Gasteiger partial charge on any atom is -0.353 e. The summed E-state index contributed by atoms with van der Waals surface area (Å²) in [6.45, 7) is 3.80. The average Bonchev–Trinajstić information content (AvgIpc) is 2.56. The Labute approximate surface area is 125 Å². The molecule has 0 atom stereocenters. The molecule has 0 radical (unpaired) electrons. The predicted molar refractivity (Wildman–Crippen MR) is 85.0 cm³/mol. The molecular weight excluding hydrogens is 264 g/mol. The van der Waals surface area contributed by atoms with Crippen LogP contribution >= 0.6 is 0 Å². The Morgan fingerprint density at radius 2 is 1.57 bits per heavy atom. The second-order valence-electron chi connectivity index (χ2n) is 5.27. The molecule has 1 saturated heterocycles. The van der Waals surface area contributed by atoms with E-state index in [1.54, 1.807) is 0 Å². The summed E-state index contributed by atoms with van der Waals surface area (Å²) < 4.78 is 0. The van der Waals surface area contributed by atoms with Gasteiger partial charge in [-0.15, -0.1) is 0 Å². The first-order valence-electron chi connectivity index (χ1n) is 7.15. The maximum Gasteiger partial charge on any atom is 0.226 e. The molecule has 0 N–H and O–H groups in total. The zero-order valence-corrected chi connectivity index (χ0v) is 12.5. The van der Waals surface area contributed by atoms with Gasteiger partial charge in [0.25, 0.3) is 0 Å². The maximum atomic E-state index is 4.60. The van der Waals surface area contributed by atoms with Gasteiger partial charge in [0.05, 0.1) is 0 Å². The van der Waals surface area contributed by atoms with E-state index in [0.29, 0.717) is 0 Å². The lowest BCUT2D eigenvalue weighted by Gasteiger charge is -2.36. The van der Waals surface area contributed by atoms with E-state index in [2.05, 4.69) is 30.8 Å². The van der Waals surface area contributed by atoms with Crippen LogP contribution in [0.15, 0.2) is 36.7 Å². The number of anilines is 3. The molecule has 1 fully saturated rings. The average molecular weight is 284 g/mol. The molecule has 0 aliphatic carbocycles. The fourth-order valence-electron chi connectivity index (χ4n) is 2.44. The van der Waals surface area contributed by atoms with Gasteiger partial charge in [0.15, 0.2) is 0 Å². The summed E-state index contributed by atoms with van der Waals surface area (Å²) in [5, 5.41) is 0. The summed E-state index contributed by atoms with van der Waals surface area (Å²) in [5.41, 5.74) is 0. The van der Waals surface area contributed by atoms with Crippen LogP contribution in [-0.4, -0.2) is 55.2 Å².